The standard InChI is InChI=1S/C14H20/c1-4-12-6-5-7-13-10-11(2)8-9-14(12,13)3/h4,6,8,13H,1,5,7,9-10H2,2-3H3/t13-,14-/m0/s1. The van der Waals surface area contributed by atoms with E-state index in [9.17, 15) is 0 Å². The van der Waals surface area contributed by atoms with E-state index < -0.39 is 0 Å². The maximum Gasteiger partial charge on any atom is -0.00127 e. The summed E-state index contributed by atoms with van der Waals surface area (Å²) in [6.45, 7) is 8.63. The van der Waals surface area contributed by atoms with Gasteiger partial charge in [0.25, 0.3) is 0 Å². The summed E-state index contributed by atoms with van der Waals surface area (Å²) in [5.74, 6) is 0.852. The summed E-state index contributed by atoms with van der Waals surface area (Å²) in [5.41, 5.74) is 3.45. The van der Waals surface area contributed by atoms with Crippen LogP contribution in [-0.4, -0.2) is 0 Å². The highest BCUT2D eigenvalue weighted by atomic mass is 14.4. The zero-order chi connectivity index (χ0) is 10.2. The molecule has 0 heterocycles. The van der Waals surface area contributed by atoms with Gasteiger partial charge < -0.3 is 0 Å². The SMILES string of the molecule is C=CC1=CCC[C@H]2CC(C)=CC[C@@]12C. The van der Waals surface area contributed by atoms with Gasteiger partial charge in [0.15, 0.2) is 0 Å². The number of fused-ring (bicyclic) bond motifs is 1. The first-order valence-electron chi connectivity index (χ1n) is 5.65. The third kappa shape index (κ3) is 1.37. The molecule has 2 aliphatic carbocycles. The molecule has 0 aromatic rings. The normalized spacial score (nSPS) is 36.9. The molecule has 2 atom stereocenters. The van der Waals surface area contributed by atoms with Crippen LogP contribution in [0.4, 0.5) is 0 Å². The third-order valence-corrected chi connectivity index (χ3v) is 4.10. The van der Waals surface area contributed by atoms with Crippen molar-refractivity contribution in [3.63, 3.8) is 0 Å². The minimum atomic E-state index is 0.388. The first-order valence-corrected chi connectivity index (χ1v) is 5.65. The van der Waals surface area contributed by atoms with Crippen LogP contribution in [0, 0.1) is 11.3 Å². The van der Waals surface area contributed by atoms with Gasteiger partial charge in [-0.2, -0.15) is 0 Å². The highest BCUT2D eigenvalue weighted by Gasteiger charge is 2.39. The molecule has 0 unspecified atom stereocenters. The summed E-state index contributed by atoms with van der Waals surface area (Å²) < 4.78 is 0. The lowest BCUT2D eigenvalue weighted by atomic mass is 9.60. The minimum absolute atomic E-state index is 0.388. The average Bonchev–Trinajstić information content (AvgIpc) is 2.18. The Labute approximate surface area is 87.4 Å². The summed E-state index contributed by atoms with van der Waals surface area (Å²) in [6, 6.07) is 0. The Hall–Kier alpha value is -0.780. The predicted octanol–water partition coefficient (Wildman–Crippen LogP) is 4.26. The van der Waals surface area contributed by atoms with E-state index >= 15 is 0 Å². The van der Waals surface area contributed by atoms with Crippen LogP contribution in [0.1, 0.15) is 39.5 Å². The summed E-state index contributed by atoms with van der Waals surface area (Å²) in [7, 11) is 0. The number of hydrogen-bond acceptors (Lipinski definition) is 0. The van der Waals surface area contributed by atoms with E-state index in [1.54, 1.807) is 5.57 Å². The Morgan fingerprint density at radius 3 is 3.00 bits per heavy atom. The van der Waals surface area contributed by atoms with Crippen LogP contribution in [0.2, 0.25) is 0 Å². The van der Waals surface area contributed by atoms with Crippen molar-refractivity contribution < 1.29 is 0 Å². The van der Waals surface area contributed by atoms with E-state index in [2.05, 4.69) is 38.7 Å². The monoisotopic (exact) mass is 188 g/mol. The zero-order valence-corrected chi connectivity index (χ0v) is 9.34. The van der Waals surface area contributed by atoms with Gasteiger partial charge in [0.05, 0.1) is 0 Å². The third-order valence-electron chi connectivity index (χ3n) is 4.10. The second-order valence-corrected chi connectivity index (χ2v) is 5.01. The minimum Gasteiger partial charge on any atom is -0.0988 e. The molecule has 0 spiro atoms. The van der Waals surface area contributed by atoms with Crippen LogP contribution in [0.25, 0.3) is 0 Å². The molecular formula is C14H20. The van der Waals surface area contributed by atoms with Crippen LogP contribution >= 0.6 is 0 Å². The van der Waals surface area contributed by atoms with Crippen molar-refractivity contribution in [3.8, 4) is 0 Å². The first kappa shape index (κ1) is 9.76. The largest absolute Gasteiger partial charge is 0.0988 e. The van der Waals surface area contributed by atoms with Crippen LogP contribution in [0.15, 0.2) is 36.0 Å². The molecule has 0 saturated carbocycles. The topological polar surface area (TPSA) is 0 Å². The summed E-state index contributed by atoms with van der Waals surface area (Å²) in [5, 5.41) is 0. The highest BCUT2D eigenvalue weighted by molar-refractivity contribution is 5.31. The van der Waals surface area contributed by atoms with Gasteiger partial charge in [0.1, 0.15) is 0 Å². The van der Waals surface area contributed by atoms with Crippen molar-refractivity contribution in [3.05, 3.63) is 36.0 Å². The van der Waals surface area contributed by atoms with Crippen LogP contribution in [0.3, 0.4) is 0 Å². The Balaban J connectivity index is 2.35. The van der Waals surface area contributed by atoms with Gasteiger partial charge in [-0.3, -0.25) is 0 Å². The Bertz CT molecular complexity index is 306. The Morgan fingerprint density at radius 1 is 1.50 bits per heavy atom. The van der Waals surface area contributed by atoms with E-state index in [4.69, 9.17) is 0 Å². The predicted molar refractivity (Wildman–Crippen MR) is 62.1 cm³/mol. The van der Waals surface area contributed by atoms with Gasteiger partial charge in [-0.15, -0.1) is 0 Å². The first-order chi connectivity index (χ1) is 6.66. The van der Waals surface area contributed by atoms with Gasteiger partial charge in [-0.1, -0.05) is 37.3 Å². The second-order valence-electron chi connectivity index (χ2n) is 5.01. The van der Waals surface area contributed by atoms with E-state index in [0.717, 1.165) is 5.92 Å². The molecule has 0 radical (unpaired) electrons. The molecule has 0 nitrogen and oxygen atoms in total. The maximum absolute atomic E-state index is 3.95. The van der Waals surface area contributed by atoms with Crippen molar-refractivity contribution in [1.82, 2.24) is 0 Å². The Kier molecular flexibility index (Phi) is 2.38. The number of hydrogen-bond donors (Lipinski definition) is 0. The van der Waals surface area contributed by atoms with Gasteiger partial charge in [-0.25, -0.2) is 0 Å². The average molecular weight is 188 g/mol. The van der Waals surface area contributed by atoms with Gasteiger partial charge >= 0.3 is 0 Å². The maximum atomic E-state index is 3.95. The van der Waals surface area contributed by atoms with E-state index in [-0.39, 0.29) is 0 Å². The molecule has 0 aromatic carbocycles. The van der Waals surface area contributed by atoms with Crippen molar-refractivity contribution >= 4 is 0 Å². The van der Waals surface area contributed by atoms with Crippen LogP contribution in [0.5, 0.6) is 0 Å². The lowest BCUT2D eigenvalue weighted by molar-refractivity contribution is 0.203. The molecule has 0 aliphatic heterocycles. The van der Waals surface area contributed by atoms with Gasteiger partial charge in [-0.05, 0) is 49.5 Å². The van der Waals surface area contributed by atoms with Crippen molar-refractivity contribution in [1.29, 1.82) is 0 Å². The van der Waals surface area contributed by atoms with E-state index in [0.29, 0.717) is 5.41 Å². The number of rotatable bonds is 1. The summed E-state index contributed by atoms with van der Waals surface area (Å²) in [6.07, 6.45) is 12.0. The van der Waals surface area contributed by atoms with Crippen LogP contribution in [-0.2, 0) is 0 Å². The molecule has 2 aliphatic rings. The fourth-order valence-electron chi connectivity index (χ4n) is 3.01. The molecule has 14 heavy (non-hydrogen) atoms. The fourth-order valence-corrected chi connectivity index (χ4v) is 3.01. The molecule has 0 saturated heterocycles. The second kappa shape index (κ2) is 3.42. The van der Waals surface area contributed by atoms with Crippen molar-refractivity contribution in [2.45, 2.75) is 39.5 Å². The molecule has 0 heteroatoms. The molecule has 0 fully saturated rings. The summed E-state index contributed by atoms with van der Waals surface area (Å²) >= 11 is 0. The smallest absolute Gasteiger partial charge is 0.00127 e. The molecule has 0 amide bonds. The number of allylic oxidation sites excluding steroid dienone is 5. The molecule has 0 aromatic heterocycles. The lowest BCUT2D eigenvalue weighted by Crippen LogP contribution is -2.33. The molecular weight excluding hydrogens is 168 g/mol. The van der Waals surface area contributed by atoms with Crippen molar-refractivity contribution in [2.24, 2.45) is 11.3 Å². The zero-order valence-electron chi connectivity index (χ0n) is 9.34. The summed E-state index contributed by atoms with van der Waals surface area (Å²) in [4.78, 5) is 0. The fraction of sp³-hybridized carbons (Fsp3) is 0.571. The van der Waals surface area contributed by atoms with Gasteiger partial charge in [0, 0.05) is 0 Å². The van der Waals surface area contributed by atoms with Crippen molar-refractivity contribution in [2.75, 3.05) is 0 Å². The molecule has 0 bridgehead atoms. The lowest BCUT2D eigenvalue weighted by Gasteiger charge is -2.44. The van der Waals surface area contributed by atoms with Gasteiger partial charge in [0.2, 0.25) is 0 Å². The molecule has 0 N–H and O–H groups in total. The Morgan fingerprint density at radius 2 is 2.29 bits per heavy atom. The highest BCUT2D eigenvalue weighted by Crippen LogP contribution is 2.50. The molecule has 2 rings (SSSR count). The van der Waals surface area contributed by atoms with E-state index in [1.165, 1.54) is 31.3 Å². The quantitative estimate of drug-likeness (QED) is 0.539. The van der Waals surface area contributed by atoms with E-state index in [1.807, 2.05) is 0 Å². The molecule has 76 valence electrons. The van der Waals surface area contributed by atoms with Crippen LogP contribution < -0.4 is 0 Å².